The molecule has 0 N–H and O–H groups in total. The molecule has 2 aromatic heterocycles. The molecule has 42 heavy (non-hydrogen) atoms. The van der Waals surface area contributed by atoms with Crippen LogP contribution in [0.15, 0.2) is 60.9 Å². The van der Waals surface area contributed by atoms with Gasteiger partial charge in [-0.1, -0.05) is 0 Å². The number of rotatable bonds is 7. The Morgan fingerprint density at radius 1 is 0.643 bits per heavy atom. The maximum absolute atomic E-state index is 6.37. The highest BCUT2D eigenvalue weighted by Gasteiger charge is 2.20. The van der Waals surface area contributed by atoms with Crippen LogP contribution in [0.2, 0.25) is 0 Å². The van der Waals surface area contributed by atoms with Gasteiger partial charge < -0.3 is 4.74 Å². The summed E-state index contributed by atoms with van der Waals surface area (Å²) >= 11 is 0. The fraction of sp³-hybridized carbons (Fsp3) is 0.371. The van der Waals surface area contributed by atoms with Gasteiger partial charge in [0.05, 0.1) is 24.1 Å². The summed E-state index contributed by atoms with van der Waals surface area (Å²) in [5.41, 5.74) is 14.9. The second kappa shape index (κ2) is 15.8. The van der Waals surface area contributed by atoms with Crippen LogP contribution in [-0.2, 0) is 17.9 Å². The Hall–Kier alpha value is -2.47. The molecule has 0 spiro atoms. The maximum Gasteiger partial charge on any atom is 0.0721 e. The lowest BCUT2D eigenvalue weighted by Crippen LogP contribution is -2.36. The lowest BCUT2D eigenvalue weighted by Gasteiger charge is -2.32. The fourth-order valence-electron chi connectivity index (χ4n) is 5.53. The van der Waals surface area contributed by atoms with Crippen molar-refractivity contribution in [2.24, 2.45) is 0 Å². The van der Waals surface area contributed by atoms with Gasteiger partial charge in [-0.15, -0.1) is 37.2 Å². The third-order valence-electron chi connectivity index (χ3n) is 8.52. The molecule has 4 nitrogen and oxygen atoms in total. The maximum atomic E-state index is 6.37. The summed E-state index contributed by atoms with van der Waals surface area (Å²) in [6, 6.07) is 17.6. The molecule has 1 aliphatic rings. The Balaban J connectivity index is 0.00000205. The van der Waals surface area contributed by atoms with Crippen molar-refractivity contribution in [3.63, 3.8) is 0 Å². The van der Waals surface area contributed by atoms with Crippen LogP contribution in [0.1, 0.15) is 57.3 Å². The van der Waals surface area contributed by atoms with E-state index >= 15 is 0 Å². The molecular weight excluding hydrogens is 585 g/mol. The van der Waals surface area contributed by atoms with Crippen molar-refractivity contribution in [2.75, 3.05) is 13.1 Å². The number of benzene rings is 2. The van der Waals surface area contributed by atoms with Gasteiger partial charge in [0.1, 0.15) is 0 Å². The van der Waals surface area contributed by atoms with E-state index in [0.29, 0.717) is 12.7 Å². The monoisotopic (exact) mass is 627 g/mol. The van der Waals surface area contributed by atoms with Crippen LogP contribution in [0.4, 0.5) is 0 Å². The standard InChI is InChI=1S/C35H41N3O.3ClH/c1-23-15-31(16-24(2)27(23)5)34-19-29(7-11-36-34)21-38-13-9-33(10-14-38)39-22-30-8-12-37-35(20-30)32-17-25(3)28(6)26(4)18-32;;;/h7-8,11-12,15-20,33H,9-10,13-14,21-22H2,1-6H3;3*1H. The summed E-state index contributed by atoms with van der Waals surface area (Å²) in [5.74, 6) is 0. The zero-order valence-electron chi connectivity index (χ0n) is 25.6. The van der Waals surface area contributed by atoms with Crippen LogP contribution in [0.3, 0.4) is 0 Å². The van der Waals surface area contributed by atoms with Crippen molar-refractivity contribution >= 4 is 37.2 Å². The van der Waals surface area contributed by atoms with Gasteiger partial charge in [0.15, 0.2) is 0 Å². The summed E-state index contributed by atoms with van der Waals surface area (Å²) in [6.07, 6.45) is 6.27. The van der Waals surface area contributed by atoms with Gasteiger partial charge >= 0.3 is 0 Å². The Kier molecular flexibility index (Phi) is 13.5. The molecule has 3 heterocycles. The molecule has 0 bridgehead atoms. The molecule has 4 aromatic rings. The predicted octanol–water partition coefficient (Wildman–Crippen LogP) is 9.11. The molecule has 1 fully saturated rings. The van der Waals surface area contributed by atoms with Gasteiger partial charge in [0.25, 0.3) is 0 Å². The molecule has 226 valence electrons. The van der Waals surface area contributed by atoms with Crippen molar-refractivity contribution in [3.8, 4) is 22.5 Å². The molecule has 0 amide bonds. The molecule has 0 atom stereocenters. The minimum Gasteiger partial charge on any atom is -0.373 e. The molecule has 1 aliphatic heterocycles. The van der Waals surface area contributed by atoms with Crippen molar-refractivity contribution in [1.29, 1.82) is 0 Å². The van der Waals surface area contributed by atoms with E-state index in [2.05, 4.69) is 105 Å². The van der Waals surface area contributed by atoms with E-state index in [1.807, 2.05) is 12.4 Å². The van der Waals surface area contributed by atoms with Crippen molar-refractivity contribution in [2.45, 2.75) is 73.6 Å². The SMILES string of the molecule is Cc1cc(-c2cc(COC3CCN(Cc4ccnc(-c5cc(C)c(C)c(C)c5)c4)CC3)ccn2)cc(C)c1C.Cl.Cl.Cl. The third-order valence-corrected chi connectivity index (χ3v) is 8.52. The normalized spacial score (nSPS) is 13.6. The highest BCUT2D eigenvalue weighted by atomic mass is 35.5. The minimum atomic E-state index is 0. The van der Waals surface area contributed by atoms with E-state index in [-0.39, 0.29) is 37.2 Å². The van der Waals surface area contributed by atoms with Gasteiger partial charge in [-0.3, -0.25) is 14.9 Å². The third kappa shape index (κ3) is 8.55. The molecule has 1 saturated heterocycles. The number of hydrogen-bond acceptors (Lipinski definition) is 4. The second-order valence-electron chi connectivity index (χ2n) is 11.4. The van der Waals surface area contributed by atoms with Crippen LogP contribution < -0.4 is 0 Å². The average Bonchev–Trinajstić information content (AvgIpc) is 2.94. The topological polar surface area (TPSA) is 38.2 Å². The number of likely N-dealkylation sites (tertiary alicyclic amines) is 1. The van der Waals surface area contributed by atoms with Crippen LogP contribution in [0, 0.1) is 41.5 Å². The summed E-state index contributed by atoms with van der Waals surface area (Å²) in [5, 5.41) is 0. The van der Waals surface area contributed by atoms with E-state index in [0.717, 1.165) is 43.9 Å². The van der Waals surface area contributed by atoms with E-state index < -0.39 is 0 Å². The Morgan fingerprint density at radius 3 is 1.55 bits per heavy atom. The van der Waals surface area contributed by atoms with Gasteiger partial charge in [-0.25, -0.2) is 0 Å². The number of ether oxygens (including phenoxy) is 1. The zero-order valence-corrected chi connectivity index (χ0v) is 28.0. The zero-order chi connectivity index (χ0) is 27.5. The second-order valence-corrected chi connectivity index (χ2v) is 11.4. The first kappa shape index (κ1) is 35.7. The molecule has 0 aliphatic carbocycles. The summed E-state index contributed by atoms with van der Waals surface area (Å²) in [6.45, 7) is 16.8. The summed E-state index contributed by atoms with van der Waals surface area (Å²) in [4.78, 5) is 11.9. The largest absolute Gasteiger partial charge is 0.373 e. The first-order valence-corrected chi connectivity index (χ1v) is 14.2. The van der Waals surface area contributed by atoms with Crippen LogP contribution >= 0.6 is 37.2 Å². The first-order valence-electron chi connectivity index (χ1n) is 14.2. The van der Waals surface area contributed by atoms with Gasteiger partial charge in [-0.05, 0) is 147 Å². The molecule has 0 unspecified atom stereocenters. The highest BCUT2D eigenvalue weighted by molar-refractivity contribution is 5.86. The van der Waals surface area contributed by atoms with Crippen LogP contribution in [0.25, 0.3) is 22.5 Å². The number of piperidine rings is 1. The molecule has 7 heteroatoms. The first-order chi connectivity index (χ1) is 18.8. The fourth-order valence-corrected chi connectivity index (χ4v) is 5.53. The Morgan fingerprint density at radius 2 is 1.07 bits per heavy atom. The van der Waals surface area contributed by atoms with Crippen molar-refractivity contribution in [1.82, 2.24) is 14.9 Å². The number of pyridine rings is 2. The number of aryl methyl sites for hydroxylation is 4. The number of hydrogen-bond donors (Lipinski definition) is 0. The summed E-state index contributed by atoms with van der Waals surface area (Å²) < 4.78 is 6.37. The molecule has 2 aromatic carbocycles. The average molecular weight is 629 g/mol. The van der Waals surface area contributed by atoms with Crippen molar-refractivity contribution in [3.05, 3.63) is 105 Å². The van der Waals surface area contributed by atoms with E-state index in [1.165, 1.54) is 55.6 Å². The Labute approximate surface area is 270 Å². The minimum absolute atomic E-state index is 0. The Bertz CT molecular complexity index is 1440. The number of halogens is 3. The van der Waals surface area contributed by atoms with Gasteiger partial charge in [0, 0.05) is 43.2 Å². The smallest absolute Gasteiger partial charge is 0.0721 e. The molecule has 5 rings (SSSR count). The van der Waals surface area contributed by atoms with E-state index in [9.17, 15) is 0 Å². The summed E-state index contributed by atoms with van der Waals surface area (Å²) in [7, 11) is 0. The van der Waals surface area contributed by atoms with Crippen molar-refractivity contribution < 1.29 is 4.74 Å². The van der Waals surface area contributed by atoms with Gasteiger partial charge in [0.2, 0.25) is 0 Å². The lowest BCUT2D eigenvalue weighted by molar-refractivity contribution is -0.00395. The number of nitrogens with zero attached hydrogens (tertiary/aromatic N) is 3. The van der Waals surface area contributed by atoms with E-state index in [1.54, 1.807) is 0 Å². The molecule has 0 radical (unpaired) electrons. The number of aromatic nitrogens is 2. The van der Waals surface area contributed by atoms with Gasteiger partial charge in [-0.2, -0.15) is 0 Å². The van der Waals surface area contributed by atoms with Crippen LogP contribution in [0.5, 0.6) is 0 Å². The predicted molar refractivity (Wildman–Crippen MR) is 183 cm³/mol. The molecule has 0 saturated carbocycles. The van der Waals surface area contributed by atoms with E-state index in [4.69, 9.17) is 4.74 Å². The molecular formula is C35H44Cl3N3O. The van der Waals surface area contributed by atoms with Crippen LogP contribution in [-0.4, -0.2) is 34.1 Å². The highest BCUT2D eigenvalue weighted by Crippen LogP contribution is 2.26. The lowest BCUT2D eigenvalue weighted by atomic mass is 9.98. The quantitative estimate of drug-likeness (QED) is 0.205.